The molecule has 5 rings (SSSR count). The van der Waals surface area contributed by atoms with Gasteiger partial charge in [-0.3, -0.25) is 9.59 Å². The molecule has 0 bridgehead atoms. The lowest BCUT2D eigenvalue weighted by Gasteiger charge is -2.21. The van der Waals surface area contributed by atoms with Crippen LogP contribution in [-0.2, 0) is 0 Å². The van der Waals surface area contributed by atoms with Crippen LogP contribution >= 0.6 is 43.9 Å². The second-order valence-electron chi connectivity index (χ2n) is 8.43. The number of para-hydroxylation sites is 1. The van der Waals surface area contributed by atoms with Gasteiger partial charge >= 0.3 is 0 Å². The van der Waals surface area contributed by atoms with E-state index in [0.717, 1.165) is 25.9 Å². The molecular weight excluding hydrogens is 469 g/mol. The Bertz CT molecular complexity index is 1500. The van der Waals surface area contributed by atoms with E-state index in [1.807, 2.05) is 18.2 Å². The standard InChI is InChI=1S/C24H19Cl2NO2S2/c1-10(2)12-6-5-7-13(11(3)4)20(12)27-23(28)14-8-16(25)21-19-18(14)15(24(27)29)9-17(26)22(19)31-30-21/h5-11H,1-4H3. The molecule has 0 N–H and O–H groups in total. The van der Waals surface area contributed by atoms with Crippen LogP contribution in [0.2, 0.25) is 10.0 Å². The molecule has 7 heteroatoms. The van der Waals surface area contributed by atoms with E-state index < -0.39 is 0 Å². The van der Waals surface area contributed by atoms with Crippen molar-refractivity contribution >= 4 is 74.8 Å². The van der Waals surface area contributed by atoms with Crippen LogP contribution in [0.4, 0.5) is 0 Å². The summed E-state index contributed by atoms with van der Waals surface area (Å²) in [5.41, 5.74) is 1.94. The fourth-order valence-corrected chi connectivity index (χ4v) is 7.94. The molecule has 0 fully saturated rings. The van der Waals surface area contributed by atoms with Crippen LogP contribution in [0.1, 0.15) is 50.7 Å². The first kappa shape index (κ1) is 21.0. The normalized spacial score (nSPS) is 12.4. The van der Waals surface area contributed by atoms with Crippen molar-refractivity contribution in [2.24, 2.45) is 0 Å². The largest absolute Gasteiger partial charge is 0.268 e. The monoisotopic (exact) mass is 487 g/mol. The van der Waals surface area contributed by atoms with Gasteiger partial charge in [0.2, 0.25) is 0 Å². The van der Waals surface area contributed by atoms with Crippen molar-refractivity contribution in [1.82, 2.24) is 4.57 Å². The number of rotatable bonds is 3. The Morgan fingerprint density at radius 2 is 1.23 bits per heavy atom. The van der Waals surface area contributed by atoms with E-state index in [-0.39, 0.29) is 23.0 Å². The van der Waals surface area contributed by atoms with Crippen LogP contribution in [0.25, 0.3) is 36.6 Å². The highest BCUT2D eigenvalue weighted by molar-refractivity contribution is 7.75. The summed E-state index contributed by atoms with van der Waals surface area (Å²) in [5, 5.41) is 3.41. The quantitative estimate of drug-likeness (QED) is 0.243. The first-order valence-corrected chi connectivity index (χ1v) is 13.0. The molecule has 0 atom stereocenters. The van der Waals surface area contributed by atoms with E-state index in [0.29, 0.717) is 31.9 Å². The second-order valence-corrected chi connectivity index (χ2v) is 11.4. The summed E-state index contributed by atoms with van der Waals surface area (Å²) in [6.07, 6.45) is 0. The third kappa shape index (κ3) is 2.91. The van der Waals surface area contributed by atoms with Crippen LogP contribution < -0.4 is 11.1 Å². The van der Waals surface area contributed by atoms with Crippen molar-refractivity contribution in [3.8, 4) is 5.69 Å². The van der Waals surface area contributed by atoms with E-state index in [9.17, 15) is 9.59 Å². The lowest BCUT2D eigenvalue weighted by Crippen LogP contribution is -2.33. The molecule has 0 radical (unpaired) electrons. The molecule has 0 aliphatic carbocycles. The molecule has 3 aromatic carbocycles. The van der Waals surface area contributed by atoms with Crippen LogP contribution in [0.5, 0.6) is 0 Å². The Balaban J connectivity index is 2.07. The predicted octanol–water partition coefficient (Wildman–Crippen LogP) is 7.77. The molecule has 0 amide bonds. The van der Waals surface area contributed by atoms with E-state index >= 15 is 0 Å². The van der Waals surface area contributed by atoms with Gasteiger partial charge in [0.25, 0.3) is 11.1 Å². The summed E-state index contributed by atoms with van der Waals surface area (Å²) in [7, 11) is 3.03. The number of pyridine rings is 1. The van der Waals surface area contributed by atoms with Gasteiger partial charge in [-0.1, -0.05) is 89.8 Å². The number of nitrogens with zero attached hydrogens (tertiary/aromatic N) is 1. The van der Waals surface area contributed by atoms with Crippen molar-refractivity contribution in [2.45, 2.75) is 39.5 Å². The minimum atomic E-state index is -0.337. The van der Waals surface area contributed by atoms with Gasteiger partial charge in [0.1, 0.15) is 0 Å². The van der Waals surface area contributed by atoms with E-state index in [2.05, 4.69) is 27.7 Å². The fourth-order valence-electron chi connectivity index (χ4n) is 4.40. The minimum Gasteiger partial charge on any atom is -0.268 e. The maximum absolute atomic E-state index is 13.8. The summed E-state index contributed by atoms with van der Waals surface area (Å²) in [5.74, 6) is 0.282. The average Bonchev–Trinajstić information content (AvgIpc) is 3.17. The Morgan fingerprint density at radius 1 is 0.774 bits per heavy atom. The number of aromatic nitrogens is 1. The van der Waals surface area contributed by atoms with Crippen LogP contribution in [-0.4, -0.2) is 4.57 Å². The van der Waals surface area contributed by atoms with Crippen molar-refractivity contribution in [2.75, 3.05) is 0 Å². The van der Waals surface area contributed by atoms with Gasteiger partial charge < -0.3 is 0 Å². The molecule has 31 heavy (non-hydrogen) atoms. The zero-order valence-electron chi connectivity index (χ0n) is 17.4. The van der Waals surface area contributed by atoms with Gasteiger partial charge in [-0.25, -0.2) is 4.57 Å². The smallest absolute Gasteiger partial charge is 0.266 e. The van der Waals surface area contributed by atoms with Crippen molar-refractivity contribution in [3.63, 3.8) is 0 Å². The fraction of sp³-hybridized carbons (Fsp3) is 0.250. The maximum atomic E-state index is 13.8. The zero-order chi connectivity index (χ0) is 22.2. The van der Waals surface area contributed by atoms with Gasteiger partial charge in [0, 0.05) is 10.8 Å². The predicted molar refractivity (Wildman–Crippen MR) is 136 cm³/mol. The van der Waals surface area contributed by atoms with Crippen molar-refractivity contribution in [3.05, 3.63) is 72.2 Å². The van der Waals surface area contributed by atoms with Gasteiger partial charge in [-0.05, 0) is 35.1 Å². The molecule has 158 valence electrons. The Morgan fingerprint density at radius 3 is 1.65 bits per heavy atom. The molecule has 0 spiro atoms. The van der Waals surface area contributed by atoms with Gasteiger partial charge in [0.15, 0.2) is 0 Å². The molecule has 3 nitrogen and oxygen atoms in total. The molecule has 2 heterocycles. The molecule has 2 aromatic heterocycles. The third-order valence-corrected chi connectivity index (χ3v) is 9.20. The van der Waals surface area contributed by atoms with E-state index in [1.54, 1.807) is 12.1 Å². The highest BCUT2D eigenvalue weighted by Gasteiger charge is 2.25. The summed E-state index contributed by atoms with van der Waals surface area (Å²) in [6, 6.07) is 9.38. The van der Waals surface area contributed by atoms with E-state index in [1.165, 1.54) is 25.2 Å². The lowest BCUT2D eigenvalue weighted by molar-refractivity contribution is 0.793. The molecule has 5 aromatic rings. The van der Waals surface area contributed by atoms with Crippen molar-refractivity contribution < 1.29 is 0 Å². The number of hydrogen-bond acceptors (Lipinski definition) is 4. The molecule has 0 saturated carbocycles. The summed E-state index contributed by atoms with van der Waals surface area (Å²) in [4.78, 5) is 27.7. The number of hydrogen-bond donors (Lipinski definition) is 0. The van der Waals surface area contributed by atoms with Crippen LogP contribution in [0.3, 0.4) is 0 Å². The van der Waals surface area contributed by atoms with Crippen molar-refractivity contribution in [1.29, 1.82) is 0 Å². The molecule has 0 saturated heterocycles. The summed E-state index contributed by atoms with van der Waals surface area (Å²) >= 11 is 13.2. The highest BCUT2D eigenvalue weighted by atomic mass is 35.5. The third-order valence-electron chi connectivity index (χ3n) is 5.86. The summed E-state index contributed by atoms with van der Waals surface area (Å²) in [6.45, 7) is 8.28. The van der Waals surface area contributed by atoms with Gasteiger partial charge in [-0.15, -0.1) is 0 Å². The zero-order valence-corrected chi connectivity index (χ0v) is 20.5. The molecule has 0 unspecified atom stereocenters. The van der Waals surface area contributed by atoms with Gasteiger partial charge in [0.05, 0.1) is 35.9 Å². The topological polar surface area (TPSA) is 39.1 Å². The van der Waals surface area contributed by atoms with Crippen LogP contribution in [0.15, 0.2) is 39.9 Å². The summed E-state index contributed by atoms with van der Waals surface area (Å²) < 4.78 is 3.07. The molecule has 0 aliphatic heterocycles. The number of halogens is 2. The second kappa shape index (κ2) is 7.31. The van der Waals surface area contributed by atoms with Gasteiger partial charge in [-0.2, -0.15) is 0 Å². The Hall–Kier alpha value is -1.92. The van der Waals surface area contributed by atoms with Crippen LogP contribution in [0, 0.1) is 0 Å². The average molecular weight is 488 g/mol. The lowest BCUT2D eigenvalue weighted by atomic mass is 9.92. The SMILES string of the molecule is CC(C)c1cccc(C(C)C)c1-n1c(=O)c2cc(Cl)c3ssc4c(Cl)cc(c1=O)c2c34. The minimum absolute atomic E-state index is 0.141. The maximum Gasteiger partial charge on any atom is 0.266 e. The molecule has 0 aliphatic rings. The first-order valence-electron chi connectivity index (χ1n) is 10.1. The highest BCUT2D eigenvalue weighted by Crippen LogP contribution is 2.46. The first-order chi connectivity index (χ1) is 14.7. The Kier molecular flexibility index (Phi) is 4.94. The van der Waals surface area contributed by atoms with E-state index in [4.69, 9.17) is 23.2 Å². The Labute approximate surface area is 196 Å². The number of benzene rings is 3. The molecular formula is C24H19Cl2NO2S2.